The molecule has 1 amide bonds. The van der Waals surface area contributed by atoms with E-state index in [9.17, 15) is 13.6 Å². The third kappa shape index (κ3) is 3.52. The summed E-state index contributed by atoms with van der Waals surface area (Å²) in [7, 11) is 0. The number of nitrogens with zero attached hydrogens (tertiary/aromatic N) is 3. The van der Waals surface area contributed by atoms with E-state index in [0.29, 0.717) is 17.2 Å². The molecule has 0 bridgehead atoms. The SMILES string of the molecule is CC1=CSC2=NC(=O)C(Cc3ccc(F)cc3)N(Cc3ccccc3F)N12. The summed E-state index contributed by atoms with van der Waals surface area (Å²) in [6.45, 7) is 2.16. The van der Waals surface area contributed by atoms with E-state index in [1.54, 1.807) is 30.3 Å². The summed E-state index contributed by atoms with van der Waals surface area (Å²) in [6, 6.07) is 12.0. The van der Waals surface area contributed by atoms with Crippen molar-refractivity contribution in [2.24, 2.45) is 4.99 Å². The summed E-state index contributed by atoms with van der Waals surface area (Å²) >= 11 is 1.38. The van der Waals surface area contributed by atoms with Gasteiger partial charge in [-0.2, -0.15) is 10.0 Å². The molecule has 1 atom stereocenters. The first-order valence-electron chi connectivity index (χ1n) is 8.53. The highest BCUT2D eigenvalue weighted by Crippen LogP contribution is 2.34. The molecule has 0 aliphatic carbocycles. The van der Waals surface area contributed by atoms with Crippen LogP contribution in [0, 0.1) is 11.6 Å². The lowest BCUT2D eigenvalue weighted by Gasteiger charge is -2.41. The number of carbonyl (C=O) groups is 1. The number of rotatable bonds is 4. The fraction of sp³-hybridized carbons (Fsp3) is 0.200. The van der Waals surface area contributed by atoms with E-state index in [2.05, 4.69) is 4.99 Å². The van der Waals surface area contributed by atoms with Crippen LogP contribution >= 0.6 is 11.8 Å². The first kappa shape index (κ1) is 17.9. The monoisotopic (exact) mass is 385 g/mol. The van der Waals surface area contributed by atoms with Gasteiger partial charge in [-0.15, -0.1) is 0 Å². The van der Waals surface area contributed by atoms with E-state index in [-0.39, 0.29) is 24.1 Å². The lowest BCUT2D eigenvalue weighted by Crippen LogP contribution is -2.55. The van der Waals surface area contributed by atoms with Gasteiger partial charge in [-0.3, -0.25) is 9.80 Å². The highest BCUT2D eigenvalue weighted by molar-refractivity contribution is 8.16. The molecule has 0 aromatic heterocycles. The number of amidine groups is 1. The normalized spacial score (nSPS) is 19.7. The molecule has 4 rings (SSSR count). The van der Waals surface area contributed by atoms with Gasteiger partial charge in [-0.25, -0.2) is 8.78 Å². The molecule has 0 fully saturated rings. The Labute approximate surface area is 160 Å². The smallest absolute Gasteiger partial charge is 0.267 e. The van der Waals surface area contributed by atoms with Crippen LogP contribution in [-0.2, 0) is 17.8 Å². The van der Waals surface area contributed by atoms with E-state index in [0.717, 1.165) is 11.3 Å². The van der Waals surface area contributed by atoms with Crippen molar-refractivity contribution in [3.05, 3.63) is 82.4 Å². The van der Waals surface area contributed by atoms with Crippen LogP contribution in [0.15, 0.2) is 64.6 Å². The van der Waals surface area contributed by atoms with E-state index < -0.39 is 6.04 Å². The predicted octanol–water partition coefficient (Wildman–Crippen LogP) is 4.10. The van der Waals surface area contributed by atoms with Crippen molar-refractivity contribution in [1.29, 1.82) is 0 Å². The molecular formula is C20H17F2N3OS. The van der Waals surface area contributed by atoms with Crippen LogP contribution in [0.25, 0.3) is 0 Å². The molecule has 2 aliphatic rings. The third-order valence-electron chi connectivity index (χ3n) is 4.59. The minimum Gasteiger partial charge on any atom is -0.271 e. The number of hydrazine groups is 1. The lowest BCUT2D eigenvalue weighted by molar-refractivity contribution is -0.130. The summed E-state index contributed by atoms with van der Waals surface area (Å²) in [4.78, 5) is 16.9. The molecule has 138 valence electrons. The predicted molar refractivity (Wildman–Crippen MR) is 101 cm³/mol. The Hall–Kier alpha value is -2.51. The second-order valence-electron chi connectivity index (χ2n) is 6.46. The van der Waals surface area contributed by atoms with Crippen LogP contribution in [0.2, 0.25) is 0 Å². The Balaban J connectivity index is 1.70. The number of hydrogen-bond acceptors (Lipinski definition) is 4. The second-order valence-corrected chi connectivity index (χ2v) is 7.29. The fourth-order valence-electron chi connectivity index (χ4n) is 3.23. The molecule has 2 aliphatic heterocycles. The third-order valence-corrected chi connectivity index (χ3v) is 5.52. The molecule has 0 saturated heterocycles. The van der Waals surface area contributed by atoms with Crippen LogP contribution in [0.1, 0.15) is 18.1 Å². The van der Waals surface area contributed by atoms with Gasteiger partial charge in [-0.05, 0) is 42.5 Å². The van der Waals surface area contributed by atoms with Gasteiger partial charge in [0, 0.05) is 17.8 Å². The Bertz CT molecular complexity index is 942. The quantitative estimate of drug-likeness (QED) is 0.794. The van der Waals surface area contributed by atoms with Gasteiger partial charge >= 0.3 is 0 Å². The summed E-state index contributed by atoms with van der Waals surface area (Å²) in [5.74, 6) is -0.924. The summed E-state index contributed by atoms with van der Waals surface area (Å²) in [5, 5.41) is 6.20. The molecule has 7 heteroatoms. The van der Waals surface area contributed by atoms with Crippen molar-refractivity contribution in [3.63, 3.8) is 0 Å². The van der Waals surface area contributed by atoms with Crippen molar-refractivity contribution in [3.8, 4) is 0 Å². The molecule has 4 nitrogen and oxygen atoms in total. The largest absolute Gasteiger partial charge is 0.271 e. The molecule has 2 heterocycles. The minimum atomic E-state index is -0.596. The lowest BCUT2D eigenvalue weighted by atomic mass is 10.0. The number of benzene rings is 2. The molecule has 0 saturated carbocycles. The molecule has 1 unspecified atom stereocenters. The summed E-state index contributed by atoms with van der Waals surface area (Å²) in [5.41, 5.74) is 2.24. The fourth-order valence-corrected chi connectivity index (χ4v) is 4.10. The minimum absolute atomic E-state index is 0.231. The van der Waals surface area contributed by atoms with E-state index >= 15 is 0 Å². The Morgan fingerprint density at radius 3 is 2.59 bits per heavy atom. The number of halogens is 2. The van der Waals surface area contributed by atoms with Crippen molar-refractivity contribution >= 4 is 22.8 Å². The molecule has 27 heavy (non-hydrogen) atoms. The average molecular weight is 385 g/mol. The van der Waals surface area contributed by atoms with Gasteiger partial charge < -0.3 is 0 Å². The number of allylic oxidation sites excluding steroid dienone is 1. The Morgan fingerprint density at radius 1 is 1.11 bits per heavy atom. The standard InChI is InChI=1S/C20H17F2N3OS/c1-13-12-27-20-23-19(26)18(10-14-6-8-16(21)9-7-14)24(25(13)20)11-15-4-2-3-5-17(15)22/h2-9,12,18H,10-11H2,1H3. The van der Waals surface area contributed by atoms with Gasteiger partial charge in [0.15, 0.2) is 5.17 Å². The zero-order valence-corrected chi connectivity index (χ0v) is 15.4. The molecule has 0 spiro atoms. The number of carbonyl (C=O) groups excluding carboxylic acids is 1. The molecule has 0 radical (unpaired) electrons. The average Bonchev–Trinajstić information content (AvgIpc) is 3.01. The Kier molecular flexibility index (Phi) is 4.80. The van der Waals surface area contributed by atoms with Crippen LogP contribution in [0.5, 0.6) is 0 Å². The van der Waals surface area contributed by atoms with Crippen LogP contribution < -0.4 is 0 Å². The molecular weight excluding hydrogens is 368 g/mol. The van der Waals surface area contributed by atoms with E-state index in [1.165, 1.54) is 30.0 Å². The van der Waals surface area contributed by atoms with Gasteiger partial charge in [0.1, 0.15) is 17.7 Å². The molecule has 2 aromatic carbocycles. The van der Waals surface area contributed by atoms with Crippen LogP contribution in [0.4, 0.5) is 8.78 Å². The number of hydrogen-bond donors (Lipinski definition) is 0. The van der Waals surface area contributed by atoms with Crippen molar-refractivity contribution < 1.29 is 13.6 Å². The van der Waals surface area contributed by atoms with E-state index in [1.807, 2.05) is 22.3 Å². The van der Waals surface area contributed by atoms with Gasteiger partial charge in [-0.1, -0.05) is 42.1 Å². The number of thioether (sulfide) groups is 1. The van der Waals surface area contributed by atoms with Crippen molar-refractivity contribution in [1.82, 2.24) is 10.0 Å². The highest BCUT2D eigenvalue weighted by Gasteiger charge is 2.40. The van der Waals surface area contributed by atoms with Gasteiger partial charge in [0.05, 0.1) is 0 Å². The zero-order chi connectivity index (χ0) is 19.0. The maximum Gasteiger partial charge on any atom is 0.267 e. The molecule has 0 N–H and O–H groups in total. The van der Waals surface area contributed by atoms with E-state index in [4.69, 9.17) is 0 Å². The topological polar surface area (TPSA) is 35.9 Å². The first-order valence-corrected chi connectivity index (χ1v) is 9.41. The van der Waals surface area contributed by atoms with Crippen LogP contribution in [0.3, 0.4) is 0 Å². The van der Waals surface area contributed by atoms with Crippen molar-refractivity contribution in [2.45, 2.75) is 25.9 Å². The second kappa shape index (κ2) is 7.25. The zero-order valence-electron chi connectivity index (χ0n) is 14.6. The van der Waals surface area contributed by atoms with Crippen LogP contribution in [-0.4, -0.2) is 27.1 Å². The number of fused-ring (bicyclic) bond motifs is 1. The number of amides is 1. The van der Waals surface area contributed by atoms with Gasteiger partial charge in [0.2, 0.25) is 0 Å². The summed E-state index contributed by atoms with van der Waals surface area (Å²) in [6.07, 6.45) is 0.360. The summed E-state index contributed by atoms with van der Waals surface area (Å²) < 4.78 is 27.5. The van der Waals surface area contributed by atoms with Gasteiger partial charge in [0.25, 0.3) is 5.91 Å². The number of aliphatic imine (C=N–C) groups is 1. The first-order chi connectivity index (χ1) is 13.0. The maximum atomic E-state index is 14.3. The van der Waals surface area contributed by atoms with Crippen molar-refractivity contribution in [2.75, 3.05) is 0 Å². The Morgan fingerprint density at radius 2 is 1.85 bits per heavy atom. The molecule has 2 aromatic rings. The highest BCUT2D eigenvalue weighted by atomic mass is 32.2. The maximum absolute atomic E-state index is 14.3.